The van der Waals surface area contributed by atoms with Crippen LogP contribution < -0.4 is 0 Å². The summed E-state index contributed by atoms with van der Waals surface area (Å²) in [4.78, 5) is 22.6. The van der Waals surface area contributed by atoms with Gasteiger partial charge in [-0.2, -0.15) is 0 Å². The first-order valence-electron chi connectivity index (χ1n) is 5.93. The summed E-state index contributed by atoms with van der Waals surface area (Å²) in [6, 6.07) is 7.75. The maximum atomic E-state index is 13.0. The van der Waals surface area contributed by atoms with Crippen LogP contribution in [-0.4, -0.2) is 16.5 Å². The Morgan fingerprint density at radius 3 is 2.50 bits per heavy atom. The zero-order valence-corrected chi connectivity index (χ0v) is 13.2. The molecule has 0 aromatic heterocycles. The minimum atomic E-state index is -0.593. The Bertz CT molecular complexity index is 755. The number of hydrogen-bond donors (Lipinski definition) is 0. The van der Waals surface area contributed by atoms with Gasteiger partial charge in [0.15, 0.2) is 5.78 Å². The lowest BCUT2D eigenvalue weighted by Gasteiger charge is -2.04. The second kappa shape index (κ2) is 7.09. The molecule has 2 aromatic rings. The van der Waals surface area contributed by atoms with E-state index in [2.05, 4.69) is 0 Å². The number of carbonyl (C=O) groups is 1. The normalized spacial score (nSPS) is 10.5. The molecule has 0 saturated heterocycles. The number of nitro groups is 1. The number of benzene rings is 2. The molecule has 4 nitrogen and oxygen atoms in total. The summed E-state index contributed by atoms with van der Waals surface area (Å²) in [6.45, 7) is 0. The van der Waals surface area contributed by atoms with Crippen LogP contribution in [0.5, 0.6) is 0 Å². The fraction of sp³-hybridized carbons (Fsp3) is 0.0714. The summed E-state index contributed by atoms with van der Waals surface area (Å²) in [7, 11) is 0. The molecule has 8 heteroatoms. The van der Waals surface area contributed by atoms with E-state index in [1.807, 2.05) is 0 Å². The molecule has 0 fully saturated rings. The summed E-state index contributed by atoms with van der Waals surface area (Å²) in [5, 5.41) is 10.7. The SMILES string of the molecule is O=C(CSc1ccc([N+](=O)[O-])cc1Cl)c1ccc(F)c(Cl)c1. The number of nitrogens with zero attached hydrogens (tertiary/aromatic N) is 1. The van der Waals surface area contributed by atoms with Gasteiger partial charge in [-0.3, -0.25) is 14.9 Å². The number of thioether (sulfide) groups is 1. The van der Waals surface area contributed by atoms with Crippen molar-refractivity contribution >= 4 is 46.4 Å². The predicted octanol–water partition coefficient (Wildman–Crippen LogP) is 5.02. The van der Waals surface area contributed by atoms with Crippen LogP contribution in [0.15, 0.2) is 41.3 Å². The molecule has 0 spiro atoms. The molecule has 0 bridgehead atoms. The Balaban J connectivity index is 2.07. The molecule has 0 aliphatic heterocycles. The van der Waals surface area contributed by atoms with Crippen LogP contribution in [-0.2, 0) is 0 Å². The molecule has 0 atom stereocenters. The van der Waals surface area contributed by atoms with Crippen LogP contribution >= 0.6 is 35.0 Å². The first-order chi connectivity index (χ1) is 10.4. The van der Waals surface area contributed by atoms with Crippen molar-refractivity contribution < 1.29 is 14.1 Å². The molecule has 0 heterocycles. The average molecular weight is 360 g/mol. The Morgan fingerprint density at radius 2 is 1.91 bits per heavy atom. The quantitative estimate of drug-likeness (QED) is 0.325. The first kappa shape index (κ1) is 16.7. The van der Waals surface area contributed by atoms with Crippen molar-refractivity contribution in [3.05, 3.63) is 67.9 Å². The van der Waals surface area contributed by atoms with Gasteiger partial charge in [-0.1, -0.05) is 23.2 Å². The van der Waals surface area contributed by atoms with Crippen LogP contribution in [0.3, 0.4) is 0 Å². The standard InChI is InChI=1S/C14H8Cl2FNO3S/c15-10-5-8(1-3-12(10)17)13(19)7-22-14-4-2-9(18(20)21)6-11(14)16/h1-6H,7H2. The van der Waals surface area contributed by atoms with E-state index in [0.29, 0.717) is 4.90 Å². The van der Waals surface area contributed by atoms with Crippen molar-refractivity contribution in [1.82, 2.24) is 0 Å². The number of Topliss-reactive ketones (excluding diaryl/α,β-unsaturated/α-hetero) is 1. The molecule has 0 aliphatic rings. The summed E-state index contributed by atoms with van der Waals surface area (Å²) < 4.78 is 13.0. The van der Waals surface area contributed by atoms with Crippen molar-refractivity contribution in [2.45, 2.75) is 4.90 Å². The second-order valence-corrected chi connectivity index (χ2v) is 6.04. The van der Waals surface area contributed by atoms with Gasteiger partial charge in [0.05, 0.1) is 20.7 Å². The minimum Gasteiger partial charge on any atom is -0.293 e. The monoisotopic (exact) mass is 359 g/mol. The van der Waals surface area contributed by atoms with E-state index in [-0.39, 0.29) is 32.8 Å². The van der Waals surface area contributed by atoms with Crippen LogP contribution in [0, 0.1) is 15.9 Å². The van der Waals surface area contributed by atoms with Crippen molar-refractivity contribution in [2.75, 3.05) is 5.75 Å². The van der Waals surface area contributed by atoms with Gasteiger partial charge in [0, 0.05) is 22.6 Å². The van der Waals surface area contributed by atoms with E-state index in [9.17, 15) is 19.3 Å². The highest BCUT2D eigenvalue weighted by molar-refractivity contribution is 8.00. The van der Waals surface area contributed by atoms with Crippen LogP contribution in [0.25, 0.3) is 0 Å². The number of hydrogen-bond acceptors (Lipinski definition) is 4. The largest absolute Gasteiger partial charge is 0.293 e. The summed E-state index contributed by atoms with van der Waals surface area (Å²) in [5.41, 5.74) is 0.169. The molecule has 0 unspecified atom stereocenters. The second-order valence-electron chi connectivity index (χ2n) is 4.21. The molecule has 22 heavy (non-hydrogen) atoms. The van der Waals surface area contributed by atoms with E-state index in [0.717, 1.165) is 17.8 Å². The first-order valence-corrected chi connectivity index (χ1v) is 7.67. The summed E-state index contributed by atoms with van der Waals surface area (Å²) >= 11 is 12.7. The number of non-ortho nitro benzene ring substituents is 1. The van der Waals surface area contributed by atoms with E-state index < -0.39 is 10.7 Å². The molecule has 0 radical (unpaired) electrons. The third kappa shape index (κ3) is 3.97. The molecular weight excluding hydrogens is 352 g/mol. The molecule has 0 aliphatic carbocycles. The van der Waals surface area contributed by atoms with Gasteiger partial charge < -0.3 is 0 Å². The lowest BCUT2D eigenvalue weighted by molar-refractivity contribution is -0.384. The van der Waals surface area contributed by atoms with Gasteiger partial charge in [0.1, 0.15) is 5.82 Å². The van der Waals surface area contributed by atoms with Crippen molar-refractivity contribution in [3.63, 3.8) is 0 Å². The van der Waals surface area contributed by atoms with Gasteiger partial charge in [0.2, 0.25) is 0 Å². The summed E-state index contributed by atoms with van der Waals surface area (Å²) in [6.07, 6.45) is 0. The number of carbonyl (C=O) groups excluding carboxylic acids is 1. The lowest BCUT2D eigenvalue weighted by atomic mass is 10.1. The number of nitro benzene ring substituents is 1. The molecule has 0 N–H and O–H groups in total. The average Bonchev–Trinajstić information content (AvgIpc) is 2.48. The highest BCUT2D eigenvalue weighted by atomic mass is 35.5. The fourth-order valence-corrected chi connectivity index (χ4v) is 2.95. The molecule has 2 rings (SSSR count). The topological polar surface area (TPSA) is 60.2 Å². The Morgan fingerprint density at radius 1 is 1.18 bits per heavy atom. The van der Waals surface area contributed by atoms with Gasteiger partial charge >= 0.3 is 0 Å². The predicted molar refractivity (Wildman–Crippen MR) is 84.6 cm³/mol. The molecule has 2 aromatic carbocycles. The zero-order valence-electron chi connectivity index (χ0n) is 10.9. The zero-order chi connectivity index (χ0) is 16.3. The number of rotatable bonds is 5. The molecular formula is C14H8Cl2FNO3S. The Kier molecular flexibility index (Phi) is 5.39. The highest BCUT2D eigenvalue weighted by Gasteiger charge is 2.13. The Labute approximate surface area is 139 Å². The number of halogens is 3. The maximum Gasteiger partial charge on any atom is 0.270 e. The van der Waals surface area contributed by atoms with E-state index in [4.69, 9.17) is 23.2 Å². The lowest BCUT2D eigenvalue weighted by Crippen LogP contribution is -2.02. The van der Waals surface area contributed by atoms with E-state index in [1.165, 1.54) is 30.3 Å². The third-order valence-electron chi connectivity index (χ3n) is 2.73. The van der Waals surface area contributed by atoms with E-state index >= 15 is 0 Å². The highest BCUT2D eigenvalue weighted by Crippen LogP contribution is 2.31. The van der Waals surface area contributed by atoms with Crippen molar-refractivity contribution in [1.29, 1.82) is 0 Å². The van der Waals surface area contributed by atoms with E-state index in [1.54, 1.807) is 0 Å². The van der Waals surface area contributed by atoms with Crippen LogP contribution in [0.2, 0.25) is 10.0 Å². The van der Waals surface area contributed by atoms with Gasteiger partial charge in [-0.15, -0.1) is 11.8 Å². The Hall–Kier alpha value is -1.63. The van der Waals surface area contributed by atoms with Gasteiger partial charge in [0.25, 0.3) is 5.69 Å². The van der Waals surface area contributed by atoms with Gasteiger partial charge in [-0.25, -0.2) is 4.39 Å². The van der Waals surface area contributed by atoms with Crippen molar-refractivity contribution in [3.8, 4) is 0 Å². The van der Waals surface area contributed by atoms with Crippen LogP contribution in [0.4, 0.5) is 10.1 Å². The number of ketones is 1. The molecule has 0 saturated carbocycles. The fourth-order valence-electron chi connectivity index (χ4n) is 1.62. The molecule has 0 amide bonds. The summed E-state index contributed by atoms with van der Waals surface area (Å²) in [5.74, 6) is -0.787. The molecule has 114 valence electrons. The van der Waals surface area contributed by atoms with Gasteiger partial charge in [-0.05, 0) is 24.3 Å². The van der Waals surface area contributed by atoms with Crippen LogP contribution in [0.1, 0.15) is 10.4 Å². The smallest absolute Gasteiger partial charge is 0.270 e. The maximum absolute atomic E-state index is 13.0. The minimum absolute atomic E-state index is 0.0551. The third-order valence-corrected chi connectivity index (χ3v) is 4.51. The van der Waals surface area contributed by atoms with Crippen molar-refractivity contribution in [2.24, 2.45) is 0 Å².